The summed E-state index contributed by atoms with van der Waals surface area (Å²) in [6.45, 7) is 2.27. The van der Waals surface area contributed by atoms with Crippen LogP contribution in [0.15, 0.2) is 47.6 Å². The summed E-state index contributed by atoms with van der Waals surface area (Å²) in [5.41, 5.74) is -0.183. The third kappa shape index (κ3) is 2.80. The minimum Gasteiger partial charge on any atom is -0.493 e. The Kier molecular flexibility index (Phi) is 4.07. The van der Waals surface area contributed by atoms with Crippen LogP contribution in [0.1, 0.15) is 31.4 Å². The van der Waals surface area contributed by atoms with Crippen LogP contribution >= 0.6 is 11.6 Å². The molecule has 0 aromatic heterocycles. The zero-order valence-electron chi connectivity index (χ0n) is 14.2. The van der Waals surface area contributed by atoms with Gasteiger partial charge in [-0.3, -0.25) is 9.59 Å². The average Bonchev–Trinajstić information content (AvgIpc) is 2.62. The Morgan fingerprint density at radius 3 is 3.12 bits per heavy atom. The van der Waals surface area contributed by atoms with Gasteiger partial charge in [-0.2, -0.15) is 4.99 Å². The minimum atomic E-state index is -1.04. The fraction of sp³-hybridized carbons (Fsp3) is 0.316. The van der Waals surface area contributed by atoms with Crippen molar-refractivity contribution in [1.29, 1.82) is 0 Å². The molecule has 1 aromatic rings. The van der Waals surface area contributed by atoms with Gasteiger partial charge in [-0.05, 0) is 37.3 Å². The van der Waals surface area contributed by atoms with Gasteiger partial charge in [-0.25, -0.2) is 0 Å². The van der Waals surface area contributed by atoms with E-state index in [9.17, 15) is 9.59 Å². The second kappa shape index (κ2) is 6.29. The van der Waals surface area contributed by atoms with Gasteiger partial charge in [0.1, 0.15) is 17.1 Å². The summed E-state index contributed by atoms with van der Waals surface area (Å²) in [6.07, 6.45) is 7.78. The lowest BCUT2D eigenvalue weighted by atomic mass is 9.90. The maximum Gasteiger partial charge on any atom is 0.250 e. The van der Waals surface area contributed by atoms with Crippen LogP contribution in [-0.2, 0) is 9.59 Å². The number of amidine groups is 1. The molecule has 2 atom stereocenters. The van der Waals surface area contributed by atoms with E-state index in [1.807, 2.05) is 18.2 Å². The summed E-state index contributed by atoms with van der Waals surface area (Å²) in [7, 11) is 0. The van der Waals surface area contributed by atoms with Crippen molar-refractivity contribution in [2.24, 2.45) is 4.99 Å². The van der Waals surface area contributed by atoms with Gasteiger partial charge in [0.2, 0.25) is 5.91 Å². The predicted octanol–water partition coefficient (Wildman–Crippen LogP) is 2.75. The molecule has 2 amide bonds. The molecule has 134 valence electrons. The topological polar surface area (TPSA) is 71.0 Å². The van der Waals surface area contributed by atoms with E-state index in [2.05, 4.69) is 10.3 Å². The maximum atomic E-state index is 13.2. The van der Waals surface area contributed by atoms with E-state index >= 15 is 0 Å². The molecule has 0 radical (unpaired) electrons. The van der Waals surface area contributed by atoms with Crippen LogP contribution in [0.5, 0.6) is 5.75 Å². The van der Waals surface area contributed by atoms with E-state index < -0.39 is 5.54 Å². The van der Waals surface area contributed by atoms with Gasteiger partial charge in [0.25, 0.3) is 5.91 Å². The number of ether oxygens (including phenoxy) is 1. The minimum absolute atomic E-state index is 0.0200. The molecule has 0 saturated heterocycles. The lowest BCUT2D eigenvalue weighted by Gasteiger charge is -2.42. The Morgan fingerprint density at radius 2 is 2.27 bits per heavy atom. The zero-order valence-corrected chi connectivity index (χ0v) is 15.0. The number of nitrogens with zero attached hydrogens (tertiary/aromatic N) is 2. The monoisotopic (exact) mass is 371 g/mol. The van der Waals surface area contributed by atoms with Crippen LogP contribution in [-0.4, -0.2) is 34.7 Å². The third-order valence-corrected chi connectivity index (χ3v) is 5.15. The number of fused-ring (bicyclic) bond motifs is 2. The molecule has 4 rings (SSSR count). The summed E-state index contributed by atoms with van der Waals surface area (Å²) in [5.74, 6) is 0.677. The Hall–Kier alpha value is -2.60. The van der Waals surface area contributed by atoms with Gasteiger partial charge in [-0.15, -0.1) is 0 Å². The largest absolute Gasteiger partial charge is 0.493 e. The number of hydrogen-bond acceptors (Lipinski definition) is 4. The number of benzene rings is 1. The molecule has 0 bridgehead atoms. The van der Waals surface area contributed by atoms with Gasteiger partial charge < -0.3 is 15.0 Å². The highest BCUT2D eigenvalue weighted by Crippen LogP contribution is 2.35. The molecule has 1 aromatic carbocycles. The average molecular weight is 372 g/mol. The van der Waals surface area contributed by atoms with Gasteiger partial charge >= 0.3 is 0 Å². The molecule has 3 aliphatic rings. The molecule has 6 nitrogen and oxygen atoms in total. The molecule has 7 heteroatoms. The number of allylic oxidation sites excluding steroid dienone is 2. The highest BCUT2D eigenvalue weighted by atomic mass is 35.5. The molecule has 2 unspecified atom stereocenters. The Labute approximate surface area is 156 Å². The molecule has 0 aliphatic carbocycles. The first kappa shape index (κ1) is 16.8. The summed E-state index contributed by atoms with van der Waals surface area (Å²) in [5, 5.41) is 3.67. The first-order valence-corrected chi connectivity index (χ1v) is 8.84. The summed E-state index contributed by atoms with van der Waals surface area (Å²) < 4.78 is 5.65. The second-order valence-corrected chi connectivity index (χ2v) is 7.17. The van der Waals surface area contributed by atoms with Gasteiger partial charge in [0.15, 0.2) is 0 Å². The summed E-state index contributed by atoms with van der Waals surface area (Å²) >= 11 is 6.11. The first-order valence-electron chi connectivity index (χ1n) is 8.46. The van der Waals surface area contributed by atoms with Crippen molar-refractivity contribution < 1.29 is 14.3 Å². The van der Waals surface area contributed by atoms with Crippen molar-refractivity contribution in [1.82, 2.24) is 10.2 Å². The SMILES string of the molecule is CC1(C(=O)NC2CCOc3ccc(Cl)cc32)CC(=O)N=C2C=CC=CN21. The van der Waals surface area contributed by atoms with Crippen LogP contribution in [0.2, 0.25) is 5.02 Å². The van der Waals surface area contributed by atoms with Crippen LogP contribution < -0.4 is 10.1 Å². The molecule has 1 N–H and O–H groups in total. The molecule has 0 fully saturated rings. The highest BCUT2D eigenvalue weighted by molar-refractivity contribution is 6.30. The number of nitrogens with one attached hydrogen (secondary N) is 1. The number of hydrogen-bond donors (Lipinski definition) is 1. The quantitative estimate of drug-likeness (QED) is 0.867. The summed E-state index contributed by atoms with van der Waals surface area (Å²) in [6, 6.07) is 5.17. The highest BCUT2D eigenvalue weighted by Gasteiger charge is 2.46. The lowest BCUT2D eigenvalue weighted by Crippen LogP contribution is -2.60. The number of rotatable bonds is 2. The van der Waals surface area contributed by atoms with E-state index in [1.165, 1.54) is 0 Å². The number of aliphatic imine (C=N–C) groups is 1. The fourth-order valence-corrected chi connectivity index (χ4v) is 3.69. The van der Waals surface area contributed by atoms with Crippen molar-refractivity contribution >= 4 is 29.3 Å². The predicted molar refractivity (Wildman–Crippen MR) is 98.0 cm³/mol. The van der Waals surface area contributed by atoms with Crippen LogP contribution in [0.4, 0.5) is 0 Å². The third-order valence-electron chi connectivity index (χ3n) is 4.91. The van der Waals surface area contributed by atoms with E-state index in [1.54, 1.807) is 36.2 Å². The summed E-state index contributed by atoms with van der Waals surface area (Å²) in [4.78, 5) is 31.1. The molecule has 26 heavy (non-hydrogen) atoms. The van der Waals surface area contributed by atoms with Crippen LogP contribution in [0.3, 0.4) is 0 Å². The smallest absolute Gasteiger partial charge is 0.250 e. The Bertz CT molecular complexity index is 877. The van der Waals surface area contributed by atoms with E-state index in [-0.39, 0.29) is 24.3 Å². The van der Waals surface area contributed by atoms with Gasteiger partial charge in [0, 0.05) is 23.2 Å². The first-order chi connectivity index (χ1) is 12.5. The van der Waals surface area contributed by atoms with Crippen LogP contribution in [0, 0.1) is 0 Å². The molecule has 3 aliphatic heterocycles. The molecule has 0 spiro atoms. The zero-order chi connectivity index (χ0) is 18.3. The van der Waals surface area contributed by atoms with Gasteiger partial charge in [0.05, 0.1) is 19.1 Å². The van der Waals surface area contributed by atoms with E-state index in [4.69, 9.17) is 16.3 Å². The standard InChI is InChI=1S/C19H18ClN3O3/c1-19(11-17(24)22-16-4-2-3-8-23(16)19)18(25)21-14-7-9-26-15-6-5-12(20)10-13(14)15/h2-6,8,10,14H,7,9,11H2,1H3,(H,21,25). The van der Waals surface area contributed by atoms with E-state index in [0.29, 0.717) is 23.9 Å². The van der Waals surface area contributed by atoms with Crippen molar-refractivity contribution in [3.63, 3.8) is 0 Å². The molecular formula is C19H18ClN3O3. The normalized spacial score (nSPS) is 26.5. The van der Waals surface area contributed by atoms with Crippen molar-refractivity contribution in [3.05, 3.63) is 53.2 Å². The number of halogens is 1. The van der Waals surface area contributed by atoms with Crippen molar-refractivity contribution in [3.8, 4) is 5.75 Å². The fourth-order valence-electron chi connectivity index (χ4n) is 3.51. The molecular weight excluding hydrogens is 354 g/mol. The van der Waals surface area contributed by atoms with Crippen LogP contribution in [0.25, 0.3) is 0 Å². The second-order valence-electron chi connectivity index (χ2n) is 6.73. The van der Waals surface area contributed by atoms with Gasteiger partial charge in [-0.1, -0.05) is 17.7 Å². The molecule has 3 heterocycles. The Balaban J connectivity index is 1.62. The van der Waals surface area contributed by atoms with Crippen molar-refractivity contribution in [2.45, 2.75) is 31.3 Å². The van der Waals surface area contributed by atoms with E-state index in [0.717, 1.165) is 11.3 Å². The molecule has 0 saturated carbocycles. The number of amides is 2. The maximum absolute atomic E-state index is 13.2. The lowest BCUT2D eigenvalue weighted by molar-refractivity contribution is -0.135. The Morgan fingerprint density at radius 1 is 1.42 bits per heavy atom. The van der Waals surface area contributed by atoms with Crippen molar-refractivity contribution in [2.75, 3.05) is 6.61 Å². The number of carbonyl (C=O) groups excluding carboxylic acids is 2. The number of carbonyl (C=O) groups is 2.